The van der Waals surface area contributed by atoms with Gasteiger partial charge in [0.05, 0.1) is 12.2 Å². The Morgan fingerprint density at radius 1 is 1.00 bits per heavy atom. The number of likely N-dealkylation sites (tertiary alicyclic amines) is 1. The monoisotopic (exact) mass is 503 g/mol. The Labute approximate surface area is 217 Å². The van der Waals surface area contributed by atoms with Crippen molar-refractivity contribution in [3.8, 4) is 0 Å². The number of alkyl halides is 1. The van der Waals surface area contributed by atoms with E-state index in [-0.39, 0.29) is 6.67 Å². The summed E-state index contributed by atoms with van der Waals surface area (Å²) < 4.78 is 12.4. The standard InChI is InChI=1S/C31H31ClFNO2/c32-27-6-1-4-25(18-27)28-7-2-5-24-17-26(31(35)36)12-13-29(24)30(28)23-10-8-21(9-11-23)16-22-19-34(20-22)15-3-14-33/h1,4,6,8-13,17-18,22H,2-3,5,7,14-16,19-20H2,(H,35,36). The van der Waals surface area contributed by atoms with Crippen molar-refractivity contribution in [2.75, 3.05) is 26.3 Å². The molecule has 0 atom stereocenters. The van der Waals surface area contributed by atoms with Crippen LogP contribution in [0.15, 0.2) is 66.7 Å². The number of carboxylic acid groups (broad SMARTS) is 1. The lowest BCUT2D eigenvalue weighted by Gasteiger charge is -2.39. The zero-order valence-electron chi connectivity index (χ0n) is 20.4. The van der Waals surface area contributed by atoms with Crippen molar-refractivity contribution in [1.82, 2.24) is 4.90 Å². The van der Waals surface area contributed by atoms with Crippen molar-refractivity contribution in [3.05, 3.63) is 105 Å². The summed E-state index contributed by atoms with van der Waals surface area (Å²) in [5.74, 6) is -0.268. The number of fused-ring (bicyclic) bond motifs is 1. The summed E-state index contributed by atoms with van der Waals surface area (Å²) in [7, 11) is 0. The fourth-order valence-electron chi connectivity index (χ4n) is 5.63. The number of carboxylic acids is 1. The quantitative estimate of drug-likeness (QED) is 0.354. The molecule has 0 unspecified atom stereocenters. The van der Waals surface area contributed by atoms with E-state index in [1.807, 2.05) is 30.3 Å². The van der Waals surface area contributed by atoms with Crippen LogP contribution in [-0.4, -0.2) is 42.3 Å². The number of benzene rings is 3. The number of rotatable bonds is 8. The smallest absolute Gasteiger partial charge is 0.335 e. The van der Waals surface area contributed by atoms with E-state index < -0.39 is 5.97 Å². The third kappa shape index (κ3) is 5.40. The van der Waals surface area contributed by atoms with Crippen LogP contribution in [0.3, 0.4) is 0 Å². The average molecular weight is 504 g/mol. The summed E-state index contributed by atoms with van der Waals surface area (Å²) in [5, 5.41) is 10.2. The lowest BCUT2D eigenvalue weighted by atomic mass is 9.86. The minimum atomic E-state index is -0.897. The molecule has 1 aliphatic carbocycles. The first-order valence-corrected chi connectivity index (χ1v) is 13.1. The van der Waals surface area contributed by atoms with E-state index in [0.717, 1.165) is 73.1 Å². The van der Waals surface area contributed by atoms with Crippen molar-refractivity contribution in [2.24, 2.45) is 5.92 Å². The highest BCUT2D eigenvalue weighted by Gasteiger charge is 2.26. The molecule has 0 aromatic heterocycles. The van der Waals surface area contributed by atoms with Gasteiger partial charge in [0.2, 0.25) is 0 Å². The Kier molecular flexibility index (Phi) is 7.54. The Bertz CT molecular complexity index is 1280. The molecule has 0 spiro atoms. The molecule has 5 heteroatoms. The SMILES string of the molecule is O=C(O)c1ccc2c(c1)CCCC(c1cccc(Cl)c1)=C2c1ccc(CC2CN(CCCF)C2)cc1. The summed E-state index contributed by atoms with van der Waals surface area (Å²) >= 11 is 6.37. The van der Waals surface area contributed by atoms with Gasteiger partial charge in [-0.15, -0.1) is 0 Å². The maximum Gasteiger partial charge on any atom is 0.335 e. The van der Waals surface area contributed by atoms with Crippen LogP contribution in [0.2, 0.25) is 5.02 Å². The molecule has 0 saturated carbocycles. The van der Waals surface area contributed by atoms with E-state index >= 15 is 0 Å². The van der Waals surface area contributed by atoms with Crippen LogP contribution in [-0.2, 0) is 12.8 Å². The summed E-state index contributed by atoms with van der Waals surface area (Å²) in [6.45, 7) is 2.71. The van der Waals surface area contributed by atoms with Gasteiger partial charge in [-0.25, -0.2) is 4.79 Å². The highest BCUT2D eigenvalue weighted by Crippen LogP contribution is 2.40. The molecule has 0 bridgehead atoms. The van der Waals surface area contributed by atoms with Crippen LogP contribution in [0.4, 0.5) is 4.39 Å². The molecular weight excluding hydrogens is 473 g/mol. The normalized spacial score (nSPS) is 16.4. The van der Waals surface area contributed by atoms with Gasteiger partial charge < -0.3 is 10.0 Å². The van der Waals surface area contributed by atoms with Crippen molar-refractivity contribution >= 4 is 28.7 Å². The summed E-state index contributed by atoms with van der Waals surface area (Å²) in [4.78, 5) is 14.0. The third-order valence-electron chi connectivity index (χ3n) is 7.38. The molecule has 0 amide bonds. The van der Waals surface area contributed by atoms with Gasteiger partial charge in [0.15, 0.2) is 0 Å². The van der Waals surface area contributed by atoms with Crippen LogP contribution < -0.4 is 0 Å². The second kappa shape index (κ2) is 11.0. The Hall–Kier alpha value is -2.95. The first kappa shape index (κ1) is 24.7. The maximum atomic E-state index is 12.4. The zero-order chi connectivity index (χ0) is 25.1. The second-order valence-corrected chi connectivity index (χ2v) is 10.4. The maximum absolute atomic E-state index is 12.4. The minimum Gasteiger partial charge on any atom is -0.478 e. The number of aryl methyl sites for hydroxylation is 1. The number of halogens is 2. The Morgan fingerprint density at radius 2 is 1.81 bits per heavy atom. The number of hydrogen-bond acceptors (Lipinski definition) is 2. The molecule has 3 aromatic carbocycles. The predicted octanol–water partition coefficient (Wildman–Crippen LogP) is 7.17. The van der Waals surface area contributed by atoms with Crippen molar-refractivity contribution < 1.29 is 14.3 Å². The number of nitrogens with zero attached hydrogens (tertiary/aromatic N) is 1. The predicted molar refractivity (Wildman–Crippen MR) is 144 cm³/mol. The Morgan fingerprint density at radius 3 is 2.53 bits per heavy atom. The van der Waals surface area contributed by atoms with E-state index in [9.17, 15) is 14.3 Å². The fraction of sp³-hybridized carbons (Fsp3) is 0.323. The molecule has 0 radical (unpaired) electrons. The summed E-state index contributed by atoms with van der Waals surface area (Å²) in [5.41, 5.74) is 8.47. The van der Waals surface area contributed by atoms with Gasteiger partial charge >= 0.3 is 5.97 Å². The zero-order valence-corrected chi connectivity index (χ0v) is 21.1. The van der Waals surface area contributed by atoms with Gasteiger partial charge in [-0.05, 0) is 101 Å². The molecule has 1 N–H and O–H groups in total. The molecule has 1 heterocycles. The van der Waals surface area contributed by atoms with Crippen LogP contribution in [0.25, 0.3) is 11.1 Å². The molecule has 1 aliphatic heterocycles. The van der Waals surface area contributed by atoms with Crippen LogP contribution >= 0.6 is 11.6 Å². The lowest BCUT2D eigenvalue weighted by Crippen LogP contribution is -2.47. The number of aromatic carboxylic acids is 1. The molecular formula is C31H31ClFNO2. The van der Waals surface area contributed by atoms with E-state index in [0.29, 0.717) is 22.9 Å². The fourth-order valence-corrected chi connectivity index (χ4v) is 5.82. The number of allylic oxidation sites excluding steroid dienone is 1. The topological polar surface area (TPSA) is 40.5 Å². The molecule has 3 nitrogen and oxygen atoms in total. The van der Waals surface area contributed by atoms with Crippen LogP contribution in [0.1, 0.15) is 57.4 Å². The first-order chi connectivity index (χ1) is 17.5. The van der Waals surface area contributed by atoms with Gasteiger partial charge in [-0.3, -0.25) is 4.39 Å². The average Bonchev–Trinajstić information content (AvgIpc) is 3.05. The lowest BCUT2D eigenvalue weighted by molar-refractivity contribution is 0.0696. The first-order valence-electron chi connectivity index (χ1n) is 12.7. The molecule has 186 valence electrons. The number of hydrogen-bond donors (Lipinski definition) is 1. The van der Waals surface area contributed by atoms with E-state index in [1.54, 1.807) is 6.07 Å². The van der Waals surface area contributed by atoms with Crippen molar-refractivity contribution in [2.45, 2.75) is 32.1 Å². The van der Waals surface area contributed by atoms with Crippen LogP contribution in [0.5, 0.6) is 0 Å². The van der Waals surface area contributed by atoms with Gasteiger partial charge in [0.25, 0.3) is 0 Å². The van der Waals surface area contributed by atoms with Crippen molar-refractivity contribution in [3.63, 3.8) is 0 Å². The highest BCUT2D eigenvalue weighted by molar-refractivity contribution is 6.30. The number of carbonyl (C=O) groups is 1. The van der Waals surface area contributed by atoms with Crippen molar-refractivity contribution in [1.29, 1.82) is 0 Å². The minimum absolute atomic E-state index is 0.240. The van der Waals surface area contributed by atoms with Crippen LogP contribution in [0, 0.1) is 5.92 Å². The van der Waals surface area contributed by atoms with E-state index in [2.05, 4.69) is 35.2 Å². The van der Waals surface area contributed by atoms with Gasteiger partial charge in [-0.1, -0.05) is 54.1 Å². The Balaban J connectivity index is 1.48. The van der Waals surface area contributed by atoms with Gasteiger partial charge in [0.1, 0.15) is 0 Å². The van der Waals surface area contributed by atoms with Gasteiger partial charge in [0, 0.05) is 24.7 Å². The molecule has 5 rings (SSSR count). The summed E-state index contributed by atoms with van der Waals surface area (Å²) in [6, 6.07) is 22.4. The molecule has 2 aliphatic rings. The molecule has 1 saturated heterocycles. The highest BCUT2D eigenvalue weighted by atomic mass is 35.5. The third-order valence-corrected chi connectivity index (χ3v) is 7.61. The van der Waals surface area contributed by atoms with E-state index in [1.165, 1.54) is 11.1 Å². The second-order valence-electron chi connectivity index (χ2n) is 9.96. The molecule has 36 heavy (non-hydrogen) atoms. The van der Waals surface area contributed by atoms with E-state index in [4.69, 9.17) is 11.6 Å². The van der Waals surface area contributed by atoms with Gasteiger partial charge in [-0.2, -0.15) is 0 Å². The summed E-state index contributed by atoms with van der Waals surface area (Å²) in [6.07, 6.45) is 4.33. The largest absolute Gasteiger partial charge is 0.478 e. The molecule has 1 fully saturated rings. The molecule has 3 aromatic rings.